The van der Waals surface area contributed by atoms with Crippen LogP contribution >= 0.6 is 0 Å². The largest absolute Gasteiger partial charge is 0.349 e. The maximum absolute atomic E-state index is 12.2. The molecule has 0 saturated heterocycles. The fourth-order valence-corrected chi connectivity index (χ4v) is 3.48. The normalized spacial score (nSPS) is 16.8. The zero-order chi connectivity index (χ0) is 13.2. The Hall–Kier alpha value is -0.850. The molecule has 1 aromatic rings. The summed E-state index contributed by atoms with van der Waals surface area (Å²) in [5.74, 6) is 0. The van der Waals surface area contributed by atoms with Crippen molar-refractivity contribution in [2.45, 2.75) is 50.2 Å². The number of nitrogens with zero attached hydrogens (tertiary/aromatic N) is 1. The number of hydrogen-bond acceptors (Lipinski definition) is 3. The molecule has 1 aliphatic rings. The summed E-state index contributed by atoms with van der Waals surface area (Å²) in [4.78, 5) is 0.376. The van der Waals surface area contributed by atoms with Crippen molar-refractivity contribution < 1.29 is 8.42 Å². The van der Waals surface area contributed by atoms with Crippen molar-refractivity contribution in [3.8, 4) is 0 Å². The van der Waals surface area contributed by atoms with Crippen molar-refractivity contribution in [3.05, 3.63) is 18.0 Å². The molecule has 1 fully saturated rings. The van der Waals surface area contributed by atoms with E-state index in [0.717, 1.165) is 31.5 Å². The van der Waals surface area contributed by atoms with E-state index < -0.39 is 10.0 Å². The lowest BCUT2D eigenvalue weighted by molar-refractivity contribution is 0.383. The Morgan fingerprint density at radius 3 is 2.67 bits per heavy atom. The maximum Gasteiger partial charge on any atom is 0.242 e. The highest BCUT2D eigenvalue weighted by molar-refractivity contribution is 7.89. The van der Waals surface area contributed by atoms with Gasteiger partial charge in [0.1, 0.15) is 0 Å². The van der Waals surface area contributed by atoms with Crippen LogP contribution in [0.4, 0.5) is 0 Å². The molecular weight excluding hydrogens is 250 g/mol. The van der Waals surface area contributed by atoms with E-state index in [4.69, 9.17) is 0 Å². The predicted octanol–water partition coefficient (Wildman–Crippen LogP) is 1.06. The quantitative estimate of drug-likeness (QED) is 0.813. The first-order valence-corrected chi connectivity index (χ1v) is 7.91. The molecule has 1 saturated carbocycles. The van der Waals surface area contributed by atoms with Crippen molar-refractivity contribution in [1.29, 1.82) is 0 Å². The molecule has 102 valence electrons. The topological polar surface area (TPSA) is 63.1 Å². The number of nitrogens with one attached hydrogen (secondary N) is 2. The Balaban J connectivity index is 2.20. The number of sulfonamides is 1. The van der Waals surface area contributed by atoms with Crippen molar-refractivity contribution in [3.63, 3.8) is 0 Å². The number of hydrogen-bond donors (Lipinski definition) is 2. The van der Waals surface area contributed by atoms with Gasteiger partial charge < -0.3 is 9.88 Å². The molecule has 0 bridgehead atoms. The van der Waals surface area contributed by atoms with Crippen molar-refractivity contribution in [2.24, 2.45) is 0 Å². The summed E-state index contributed by atoms with van der Waals surface area (Å²) < 4.78 is 29.1. The molecule has 1 heterocycles. The lowest BCUT2D eigenvalue weighted by Gasteiger charge is -2.25. The molecule has 0 amide bonds. The smallest absolute Gasteiger partial charge is 0.242 e. The highest BCUT2D eigenvalue weighted by Crippen LogP contribution is 2.22. The van der Waals surface area contributed by atoms with Gasteiger partial charge in [-0.1, -0.05) is 6.42 Å². The van der Waals surface area contributed by atoms with Crippen LogP contribution in [0.5, 0.6) is 0 Å². The summed E-state index contributed by atoms with van der Waals surface area (Å²) in [5.41, 5.74) is 0.994. The van der Waals surface area contributed by atoms with Gasteiger partial charge in [0.2, 0.25) is 10.0 Å². The molecule has 0 spiro atoms. The second kappa shape index (κ2) is 5.42. The second-order valence-electron chi connectivity index (χ2n) is 4.73. The van der Waals surface area contributed by atoms with Gasteiger partial charge >= 0.3 is 0 Å². The predicted molar refractivity (Wildman–Crippen MR) is 70.8 cm³/mol. The van der Waals surface area contributed by atoms with E-state index >= 15 is 0 Å². The fourth-order valence-electron chi connectivity index (χ4n) is 2.11. The van der Waals surface area contributed by atoms with E-state index in [0.29, 0.717) is 11.4 Å². The summed E-state index contributed by atoms with van der Waals surface area (Å²) in [6.07, 6.45) is 4.75. The minimum atomic E-state index is -3.35. The van der Waals surface area contributed by atoms with Crippen LogP contribution in [0, 0.1) is 0 Å². The molecule has 2 rings (SSSR count). The van der Waals surface area contributed by atoms with Crippen LogP contribution in [0.2, 0.25) is 0 Å². The first-order chi connectivity index (χ1) is 8.56. The lowest BCUT2D eigenvalue weighted by Crippen LogP contribution is -2.39. The zero-order valence-electron chi connectivity index (χ0n) is 10.9. The van der Waals surface area contributed by atoms with Crippen molar-refractivity contribution in [2.75, 3.05) is 7.05 Å². The third kappa shape index (κ3) is 2.76. The van der Waals surface area contributed by atoms with Gasteiger partial charge in [-0.05, 0) is 32.9 Å². The van der Waals surface area contributed by atoms with Gasteiger partial charge in [0, 0.05) is 31.0 Å². The highest BCUT2D eigenvalue weighted by Gasteiger charge is 2.25. The van der Waals surface area contributed by atoms with Gasteiger partial charge in [-0.25, -0.2) is 13.1 Å². The molecular formula is C12H21N3O2S. The summed E-state index contributed by atoms with van der Waals surface area (Å²) in [6.45, 7) is 3.46. The third-order valence-corrected chi connectivity index (χ3v) is 4.88. The molecule has 6 heteroatoms. The van der Waals surface area contributed by atoms with E-state index in [1.807, 2.05) is 18.5 Å². The Kier molecular flexibility index (Phi) is 4.09. The summed E-state index contributed by atoms with van der Waals surface area (Å²) in [5, 5.41) is 3.05. The first-order valence-electron chi connectivity index (χ1n) is 6.43. The van der Waals surface area contributed by atoms with Crippen LogP contribution in [0.3, 0.4) is 0 Å². The van der Waals surface area contributed by atoms with E-state index in [2.05, 4.69) is 10.0 Å². The number of aromatic nitrogens is 1. The molecule has 1 aromatic heterocycles. The van der Waals surface area contributed by atoms with Gasteiger partial charge in [-0.3, -0.25) is 0 Å². The average molecular weight is 271 g/mol. The molecule has 2 N–H and O–H groups in total. The Labute approximate surface area is 109 Å². The summed E-state index contributed by atoms with van der Waals surface area (Å²) in [7, 11) is -1.49. The van der Waals surface area contributed by atoms with E-state index in [1.165, 1.54) is 0 Å². The fraction of sp³-hybridized carbons (Fsp3) is 0.667. The van der Waals surface area contributed by atoms with Gasteiger partial charge in [0.25, 0.3) is 0 Å². The van der Waals surface area contributed by atoms with Crippen molar-refractivity contribution >= 4 is 10.0 Å². The van der Waals surface area contributed by atoms with Crippen LogP contribution in [0.1, 0.15) is 31.9 Å². The standard InChI is InChI=1S/C12H21N3O2S/c1-3-15-9-12(7-11(15)8-13-2)18(16,17)14-10-5-4-6-10/h7,9-10,13-14H,3-6,8H2,1-2H3. The highest BCUT2D eigenvalue weighted by atomic mass is 32.2. The molecule has 0 radical (unpaired) electrons. The van der Waals surface area contributed by atoms with Gasteiger partial charge in [0.05, 0.1) is 4.90 Å². The zero-order valence-corrected chi connectivity index (χ0v) is 11.8. The monoisotopic (exact) mass is 271 g/mol. The second-order valence-corrected chi connectivity index (χ2v) is 6.45. The molecule has 0 unspecified atom stereocenters. The first kappa shape index (κ1) is 13.6. The Bertz CT molecular complexity index is 503. The molecule has 1 aliphatic carbocycles. The van der Waals surface area contributed by atoms with E-state index in [-0.39, 0.29) is 6.04 Å². The molecule has 0 atom stereocenters. The van der Waals surface area contributed by atoms with E-state index in [1.54, 1.807) is 12.3 Å². The minimum absolute atomic E-state index is 0.132. The minimum Gasteiger partial charge on any atom is -0.349 e. The Morgan fingerprint density at radius 2 is 2.17 bits per heavy atom. The van der Waals surface area contributed by atoms with Gasteiger partial charge in [-0.15, -0.1) is 0 Å². The molecule has 0 aromatic carbocycles. The summed E-state index contributed by atoms with van der Waals surface area (Å²) >= 11 is 0. The summed E-state index contributed by atoms with van der Waals surface area (Å²) in [6, 6.07) is 1.88. The number of rotatable bonds is 6. The van der Waals surface area contributed by atoms with Crippen LogP contribution in [-0.2, 0) is 23.1 Å². The Morgan fingerprint density at radius 1 is 1.44 bits per heavy atom. The van der Waals surface area contributed by atoms with Crippen LogP contribution < -0.4 is 10.0 Å². The van der Waals surface area contributed by atoms with Crippen LogP contribution in [0.25, 0.3) is 0 Å². The van der Waals surface area contributed by atoms with Crippen LogP contribution in [0.15, 0.2) is 17.2 Å². The SMILES string of the molecule is CCn1cc(S(=O)(=O)NC2CCC2)cc1CNC. The van der Waals surface area contributed by atoms with E-state index in [9.17, 15) is 8.42 Å². The van der Waals surface area contributed by atoms with Gasteiger partial charge in [0.15, 0.2) is 0 Å². The molecule has 5 nitrogen and oxygen atoms in total. The van der Waals surface area contributed by atoms with Crippen molar-refractivity contribution in [1.82, 2.24) is 14.6 Å². The molecule has 18 heavy (non-hydrogen) atoms. The lowest BCUT2D eigenvalue weighted by atomic mass is 9.94. The van der Waals surface area contributed by atoms with Gasteiger partial charge in [-0.2, -0.15) is 0 Å². The maximum atomic E-state index is 12.2. The number of aryl methyl sites for hydroxylation is 1. The van der Waals surface area contributed by atoms with Crippen LogP contribution in [-0.4, -0.2) is 26.1 Å². The molecule has 0 aliphatic heterocycles. The third-order valence-electron chi connectivity index (χ3n) is 3.40. The average Bonchev–Trinajstić information content (AvgIpc) is 2.68.